The minimum absolute atomic E-state index is 0. The van der Waals surface area contributed by atoms with Gasteiger partial charge in [0.1, 0.15) is 5.60 Å². The Balaban J connectivity index is -0.000000177. The molecule has 0 spiro atoms. The highest BCUT2D eigenvalue weighted by Crippen LogP contribution is 2.13. The monoisotopic (exact) mass is 535 g/mol. The summed E-state index contributed by atoms with van der Waals surface area (Å²) in [6.45, 7) is -2.25. The molecule has 0 radical (unpaired) electrons. The van der Waals surface area contributed by atoms with Crippen molar-refractivity contribution < 1.29 is 74.4 Å². The smallest absolute Gasteiger partial charge is 0.317 e. The van der Waals surface area contributed by atoms with Crippen molar-refractivity contribution in [3.63, 3.8) is 0 Å². The maximum absolute atomic E-state index is 10.6. The Morgan fingerprint density at radius 2 is 0.778 bits per heavy atom. The highest BCUT2D eigenvalue weighted by Gasteiger charge is 2.29. The third-order valence-corrected chi connectivity index (χ3v) is 3.42. The van der Waals surface area contributed by atoms with Gasteiger partial charge in [-0.15, -0.1) is 0 Å². The molecule has 0 rings (SSSR count). The van der Waals surface area contributed by atoms with Gasteiger partial charge in [0.15, 0.2) is 0 Å². The van der Waals surface area contributed by atoms with Crippen LogP contribution in [0.25, 0.3) is 0 Å². The number of carbonyl (C=O) groups is 7. The molecular formula is C16H33N5O15. The van der Waals surface area contributed by atoms with Crippen molar-refractivity contribution in [3.8, 4) is 0 Å². The van der Waals surface area contributed by atoms with E-state index in [1.54, 1.807) is 0 Å². The lowest BCUT2D eigenvalue weighted by molar-refractivity contribution is -0.339. The first kappa shape index (κ1) is 42.2. The number of aliphatic carboxylic acids is 7. The molecular weight excluding hydrogens is 502 g/mol. The summed E-state index contributed by atoms with van der Waals surface area (Å²) in [5, 5.41) is 73.4. The first-order valence-electron chi connectivity index (χ1n) is 8.64. The topological polar surface area (TPSA) is 406 Å². The van der Waals surface area contributed by atoms with E-state index in [9.17, 15) is 48.9 Å². The first-order chi connectivity index (χ1) is 15.0. The van der Waals surface area contributed by atoms with Gasteiger partial charge in [-0.1, -0.05) is 0 Å². The van der Waals surface area contributed by atoms with Crippen LogP contribution in [0.2, 0.25) is 0 Å². The van der Waals surface area contributed by atoms with Gasteiger partial charge in [0, 0.05) is 37.9 Å². The second-order valence-electron chi connectivity index (χ2n) is 6.41. The molecule has 0 atom stereocenters. The quantitative estimate of drug-likeness (QED) is 0.0910. The largest absolute Gasteiger partial charge is 0.550 e. The summed E-state index contributed by atoms with van der Waals surface area (Å²) >= 11 is 0. The molecule has 0 aliphatic carbocycles. The molecule has 0 fully saturated rings. The van der Waals surface area contributed by atoms with E-state index >= 15 is 0 Å². The van der Waals surface area contributed by atoms with E-state index < -0.39 is 86.4 Å². The van der Waals surface area contributed by atoms with Gasteiger partial charge in [-0.05, 0) is 0 Å². The molecule has 0 aromatic heterocycles. The summed E-state index contributed by atoms with van der Waals surface area (Å²) in [4.78, 5) is 74.4. The first-order valence-corrected chi connectivity index (χ1v) is 8.64. The van der Waals surface area contributed by atoms with Crippen LogP contribution in [0.3, 0.4) is 0 Å². The zero-order chi connectivity index (χ0) is 26.4. The molecule has 0 aliphatic rings. The molecule has 17 N–H and O–H groups in total. The van der Waals surface area contributed by atoms with E-state index in [0.717, 1.165) is 9.80 Å². The number of carboxylic acid groups (broad SMARTS) is 7. The van der Waals surface area contributed by atoms with E-state index in [1.165, 1.54) is 0 Å². The molecule has 20 heteroatoms. The Morgan fingerprint density at radius 1 is 0.556 bits per heavy atom. The zero-order valence-corrected chi connectivity index (χ0v) is 19.9. The number of nitrogens with zero attached hydrogens (tertiary/aromatic N) is 2. The molecule has 212 valence electrons. The van der Waals surface area contributed by atoms with Crippen molar-refractivity contribution in [1.82, 2.24) is 28.3 Å². The Bertz CT molecular complexity index is 676. The minimum Gasteiger partial charge on any atom is -0.550 e. The molecule has 0 aromatic rings. The van der Waals surface area contributed by atoms with Crippen molar-refractivity contribution in [2.75, 3.05) is 39.3 Å². The fourth-order valence-corrected chi connectivity index (χ4v) is 2.16. The van der Waals surface area contributed by atoms with Crippen molar-refractivity contribution >= 4 is 41.8 Å². The fraction of sp³-hybridized carbons (Fsp3) is 0.562. The molecule has 0 saturated carbocycles. The molecule has 20 nitrogen and oxygen atoms in total. The molecule has 0 aliphatic heterocycles. The number of rotatable bonds is 16. The highest BCUT2D eigenvalue weighted by atomic mass is 16.4. The average Bonchev–Trinajstić information content (AvgIpc) is 2.56. The van der Waals surface area contributed by atoms with Crippen LogP contribution in [0, 0.1) is 0 Å². The zero-order valence-electron chi connectivity index (χ0n) is 19.9. The number of hydrogen-bond acceptors (Lipinski definition) is 13. The number of carboxylic acids is 7. The van der Waals surface area contributed by atoms with Crippen LogP contribution in [0.5, 0.6) is 0 Å². The molecule has 0 saturated heterocycles. The lowest BCUT2D eigenvalue weighted by Gasteiger charge is -2.29. The van der Waals surface area contributed by atoms with Crippen LogP contribution in [0.1, 0.15) is 12.8 Å². The lowest BCUT2D eigenvalue weighted by Crippen LogP contribution is -2.54. The molecule has 0 heterocycles. The van der Waals surface area contributed by atoms with Crippen LogP contribution < -0.4 is 33.8 Å². The predicted molar refractivity (Wildman–Crippen MR) is 111 cm³/mol. The Hall–Kier alpha value is -3.95. The van der Waals surface area contributed by atoms with E-state index in [4.69, 9.17) is 25.5 Å². The summed E-state index contributed by atoms with van der Waals surface area (Å²) in [5.74, 6) is -10.9. The second kappa shape index (κ2) is 20.4. The average molecular weight is 535 g/mol. The lowest BCUT2D eigenvalue weighted by atomic mass is 9.96. The Kier molecular flexibility index (Phi) is 24.0. The van der Waals surface area contributed by atoms with Gasteiger partial charge in [0.2, 0.25) is 0 Å². The number of aliphatic hydroxyl groups is 1. The molecule has 0 bridgehead atoms. The van der Waals surface area contributed by atoms with Gasteiger partial charge in [-0.25, -0.2) is 0 Å². The fourth-order valence-electron chi connectivity index (χ4n) is 2.16. The van der Waals surface area contributed by atoms with E-state index in [1.807, 2.05) is 0 Å². The number of hydrogen-bond donors (Lipinski definition) is 8. The number of carbonyl (C=O) groups excluding carboxylic acids is 3. The SMILES string of the molecule is O=C(O)CN(CCN(CC(=O)O)CC(=O)O)CC(=O)O.O=C([O-])CC(O)(CC(=O)[O-])C(=O)[O-].[NH4+].[NH4+].[NH4+]. The number of quaternary nitrogens is 3. The van der Waals surface area contributed by atoms with Crippen LogP contribution >= 0.6 is 0 Å². The normalized spacial score (nSPS) is 9.86. The van der Waals surface area contributed by atoms with Crippen LogP contribution in [0.15, 0.2) is 0 Å². The van der Waals surface area contributed by atoms with E-state index in [-0.39, 0.29) is 31.5 Å². The van der Waals surface area contributed by atoms with Crippen LogP contribution in [-0.2, 0) is 33.6 Å². The Labute approximate surface area is 203 Å². The predicted octanol–water partition coefficient (Wildman–Crippen LogP) is -6.20. The van der Waals surface area contributed by atoms with E-state index in [2.05, 4.69) is 0 Å². The maximum atomic E-state index is 10.6. The minimum atomic E-state index is -2.97. The summed E-state index contributed by atoms with van der Waals surface area (Å²) in [6, 6.07) is 0. The third-order valence-electron chi connectivity index (χ3n) is 3.42. The molecule has 0 amide bonds. The van der Waals surface area contributed by atoms with Crippen LogP contribution in [0.4, 0.5) is 0 Å². The Morgan fingerprint density at radius 3 is 0.917 bits per heavy atom. The maximum Gasteiger partial charge on any atom is 0.317 e. The van der Waals surface area contributed by atoms with Gasteiger partial charge in [0.25, 0.3) is 0 Å². The van der Waals surface area contributed by atoms with Gasteiger partial charge in [0.05, 0.1) is 32.1 Å². The second-order valence-corrected chi connectivity index (χ2v) is 6.41. The highest BCUT2D eigenvalue weighted by molar-refractivity contribution is 5.86. The van der Waals surface area contributed by atoms with Gasteiger partial charge in [-0.3, -0.25) is 29.0 Å². The molecule has 0 aromatic carbocycles. The van der Waals surface area contributed by atoms with Crippen molar-refractivity contribution in [2.45, 2.75) is 18.4 Å². The summed E-state index contributed by atoms with van der Waals surface area (Å²) in [5.41, 5.74) is -2.97. The summed E-state index contributed by atoms with van der Waals surface area (Å²) in [7, 11) is 0. The third kappa shape index (κ3) is 23.2. The molecule has 36 heavy (non-hydrogen) atoms. The van der Waals surface area contributed by atoms with Gasteiger partial charge >= 0.3 is 23.9 Å². The van der Waals surface area contributed by atoms with E-state index in [0.29, 0.717) is 0 Å². The summed E-state index contributed by atoms with van der Waals surface area (Å²) < 4.78 is 0. The molecule has 0 unspecified atom stereocenters. The van der Waals surface area contributed by atoms with Gasteiger partial charge < -0.3 is 73.7 Å². The standard InChI is InChI=1S/C10H16N2O8.C6H8O7.3H3N/c13-7(14)3-11(4-8(15)16)1-2-12(5-9(17)18)6-10(19)20;7-3(8)1-6(13,5(11)12)2-4(9)10;;;/h1-6H2,(H,13,14)(H,15,16)(H,17,18)(H,19,20);13H,1-2H2,(H,7,8)(H,9,10)(H,11,12);3*1H3. The van der Waals surface area contributed by atoms with Crippen molar-refractivity contribution in [1.29, 1.82) is 0 Å². The van der Waals surface area contributed by atoms with Crippen molar-refractivity contribution in [3.05, 3.63) is 0 Å². The summed E-state index contributed by atoms with van der Waals surface area (Å²) in [6.07, 6.45) is -2.72. The van der Waals surface area contributed by atoms with Gasteiger partial charge in [-0.2, -0.15) is 0 Å². The van der Waals surface area contributed by atoms with Crippen molar-refractivity contribution in [2.24, 2.45) is 0 Å². The van der Waals surface area contributed by atoms with Crippen LogP contribution in [-0.4, -0.2) is 122 Å².